The lowest BCUT2D eigenvalue weighted by Crippen LogP contribution is -2.41. The third-order valence-corrected chi connectivity index (χ3v) is 5.89. The van der Waals surface area contributed by atoms with E-state index in [2.05, 4.69) is 13.8 Å². The first kappa shape index (κ1) is 24.1. The largest absolute Gasteiger partial charge is 0.387 e. The number of rotatable bonds is 15. The zero-order chi connectivity index (χ0) is 18.6. The van der Waals surface area contributed by atoms with Gasteiger partial charge in [-0.3, -0.25) is 4.57 Å². The Bertz CT molecular complexity index is 346. The van der Waals surface area contributed by atoms with Crippen LogP contribution in [0.25, 0.3) is 0 Å². The highest BCUT2D eigenvalue weighted by molar-refractivity contribution is 7.39. The van der Waals surface area contributed by atoms with Crippen LogP contribution in [-0.4, -0.2) is 60.4 Å². The van der Waals surface area contributed by atoms with Crippen molar-refractivity contribution in [2.75, 3.05) is 34.3 Å². The Kier molecular flexibility index (Phi) is 12.5. The molecule has 2 N–H and O–H groups in total. The summed E-state index contributed by atoms with van der Waals surface area (Å²) in [5.74, 6) is -1.27. The van der Waals surface area contributed by atoms with E-state index >= 15 is 0 Å². The average molecular weight is 367 g/mol. The van der Waals surface area contributed by atoms with Crippen LogP contribution in [0.4, 0.5) is 0 Å². The van der Waals surface area contributed by atoms with Crippen LogP contribution in [0.1, 0.15) is 71.6 Å². The summed E-state index contributed by atoms with van der Waals surface area (Å²) < 4.78 is 18.4. The third-order valence-electron chi connectivity index (χ3n) is 4.42. The smallest absolute Gasteiger partial charge is 0.222 e. The van der Waals surface area contributed by atoms with Gasteiger partial charge in [0, 0.05) is 0 Å². The molecule has 0 bridgehead atoms. The van der Waals surface area contributed by atoms with Crippen LogP contribution in [0.5, 0.6) is 0 Å². The van der Waals surface area contributed by atoms with Gasteiger partial charge in [-0.2, -0.15) is 0 Å². The summed E-state index contributed by atoms with van der Waals surface area (Å²) in [5, 5.41) is 21.4. The Balaban J connectivity index is 4.62. The summed E-state index contributed by atoms with van der Waals surface area (Å²) in [7, 11) is 3.42. The summed E-state index contributed by atoms with van der Waals surface area (Å²) in [6.45, 7) is 5.29. The lowest BCUT2D eigenvalue weighted by molar-refractivity contribution is -0.870. The van der Waals surface area contributed by atoms with E-state index in [-0.39, 0.29) is 0 Å². The molecule has 0 amide bonds. The van der Waals surface area contributed by atoms with Crippen molar-refractivity contribution in [1.29, 1.82) is 0 Å². The molecule has 0 radical (unpaired) electrons. The number of aliphatic hydroxyl groups excluding tert-OH is 1. The summed E-state index contributed by atoms with van der Waals surface area (Å²) >= 11 is 0. The predicted molar refractivity (Wildman–Crippen MR) is 102 cm³/mol. The van der Waals surface area contributed by atoms with Crippen molar-refractivity contribution in [3.63, 3.8) is 0 Å². The van der Waals surface area contributed by atoms with Crippen LogP contribution in [0.3, 0.4) is 0 Å². The average Bonchev–Trinajstić information content (AvgIpc) is 2.50. The molecule has 5 nitrogen and oxygen atoms in total. The molecule has 0 fully saturated rings. The molecule has 0 spiro atoms. The number of nitrogens with zero attached hydrogens (tertiary/aromatic N) is 1. The van der Waals surface area contributed by atoms with Crippen molar-refractivity contribution in [3.8, 4) is 0 Å². The van der Waals surface area contributed by atoms with Gasteiger partial charge in [-0.1, -0.05) is 58.8 Å². The Hall–Kier alpha value is 0.0700. The highest BCUT2D eigenvalue weighted by Crippen LogP contribution is 2.40. The fourth-order valence-electron chi connectivity index (χ4n) is 2.66. The summed E-state index contributed by atoms with van der Waals surface area (Å²) in [4.78, 5) is 0. The van der Waals surface area contributed by atoms with Gasteiger partial charge < -0.3 is 19.2 Å². The molecule has 0 aromatic rings. The van der Waals surface area contributed by atoms with E-state index in [0.29, 0.717) is 30.5 Å². The number of aliphatic hydroxyl groups is 2. The molecule has 3 unspecified atom stereocenters. The lowest BCUT2D eigenvalue weighted by atomic mass is 9.90. The molecule has 0 aromatic heterocycles. The van der Waals surface area contributed by atoms with Crippen molar-refractivity contribution in [1.82, 2.24) is 0 Å². The van der Waals surface area contributed by atoms with E-state index in [0.717, 1.165) is 44.9 Å². The minimum atomic E-state index is -2.68. The number of likely N-dealkylation sites (N-methyl/N-ethyl adjacent to an activating group) is 1. The first-order valence-corrected chi connectivity index (χ1v) is 10.9. The highest BCUT2D eigenvalue weighted by atomic mass is 31.1. The minimum Gasteiger partial charge on any atom is -0.387 e. The number of hydrogen-bond donors (Lipinski definition) is 2. The molecule has 0 aliphatic heterocycles. The van der Waals surface area contributed by atoms with Crippen molar-refractivity contribution in [3.05, 3.63) is 0 Å². The maximum atomic E-state index is 12.3. The van der Waals surface area contributed by atoms with Gasteiger partial charge in [-0.25, -0.2) is 0 Å². The highest BCUT2D eigenvalue weighted by Gasteiger charge is 2.38. The van der Waals surface area contributed by atoms with E-state index in [1.165, 1.54) is 0 Å². The Labute approximate surface area is 149 Å². The standard InChI is InChI=1S/C18H41NO4P/c1-6-8-10-12-14-18(21,13-11-9-7-2)17(20)24(22)23-16-15-19(3,4)5/h17,20-21,24H,6-16H2,1-5H3/q+1. The number of hydrogen-bond acceptors (Lipinski definition) is 4. The molecule has 24 heavy (non-hydrogen) atoms. The van der Waals surface area contributed by atoms with E-state index in [4.69, 9.17) is 4.52 Å². The molecular weight excluding hydrogens is 325 g/mol. The SMILES string of the molecule is CCCCCCC(O)(CCCCC)C(O)[PH](=O)OCC[N+](C)(C)C. The fraction of sp³-hybridized carbons (Fsp3) is 1.00. The predicted octanol–water partition coefficient (Wildman–Crippen LogP) is 3.78. The third kappa shape index (κ3) is 10.8. The summed E-state index contributed by atoms with van der Waals surface area (Å²) in [6.07, 6.45) is 8.01. The molecule has 0 saturated carbocycles. The molecule has 146 valence electrons. The van der Waals surface area contributed by atoms with Gasteiger partial charge in [0.15, 0.2) is 5.85 Å². The van der Waals surface area contributed by atoms with Crippen molar-refractivity contribution < 1.29 is 23.8 Å². The van der Waals surface area contributed by atoms with Gasteiger partial charge in [-0.15, -0.1) is 0 Å². The quantitative estimate of drug-likeness (QED) is 0.263. The molecule has 3 atom stereocenters. The van der Waals surface area contributed by atoms with Crippen molar-refractivity contribution >= 4 is 8.03 Å². The maximum absolute atomic E-state index is 12.3. The molecule has 0 saturated heterocycles. The Morgan fingerprint density at radius 3 is 2.00 bits per heavy atom. The van der Waals surface area contributed by atoms with Gasteiger partial charge in [-0.05, 0) is 12.8 Å². The van der Waals surface area contributed by atoms with Crippen LogP contribution >= 0.6 is 8.03 Å². The number of quaternary nitrogens is 1. The molecule has 0 rings (SSSR count). The molecule has 6 heteroatoms. The van der Waals surface area contributed by atoms with E-state index < -0.39 is 19.5 Å². The van der Waals surface area contributed by atoms with E-state index in [9.17, 15) is 14.8 Å². The Morgan fingerprint density at radius 1 is 1.00 bits per heavy atom. The van der Waals surface area contributed by atoms with Gasteiger partial charge >= 0.3 is 0 Å². The second-order valence-electron chi connectivity index (χ2n) is 7.96. The molecule has 0 aliphatic rings. The Morgan fingerprint density at radius 2 is 1.50 bits per heavy atom. The zero-order valence-corrected chi connectivity index (χ0v) is 17.5. The van der Waals surface area contributed by atoms with Gasteiger partial charge in [0.25, 0.3) is 0 Å². The van der Waals surface area contributed by atoms with Crippen LogP contribution in [0, 0.1) is 0 Å². The van der Waals surface area contributed by atoms with Gasteiger partial charge in [0.05, 0.1) is 26.7 Å². The second-order valence-corrected chi connectivity index (χ2v) is 9.43. The van der Waals surface area contributed by atoms with Crippen LogP contribution < -0.4 is 0 Å². The second kappa shape index (κ2) is 12.4. The van der Waals surface area contributed by atoms with Crippen molar-refractivity contribution in [2.24, 2.45) is 0 Å². The van der Waals surface area contributed by atoms with Crippen molar-refractivity contribution in [2.45, 2.75) is 83.1 Å². The minimum absolute atomic E-state index is 0.333. The normalized spacial score (nSPS) is 17.5. The first-order valence-electron chi connectivity index (χ1n) is 9.54. The maximum Gasteiger partial charge on any atom is 0.222 e. The van der Waals surface area contributed by atoms with Gasteiger partial charge in [0.1, 0.15) is 13.2 Å². The molecule has 0 aromatic carbocycles. The first-order chi connectivity index (χ1) is 11.2. The summed E-state index contributed by atoms with van der Waals surface area (Å²) in [5.41, 5.74) is -1.28. The van der Waals surface area contributed by atoms with Crippen LogP contribution in [0.2, 0.25) is 0 Å². The monoisotopic (exact) mass is 366 g/mol. The van der Waals surface area contributed by atoms with Crippen LogP contribution in [0.15, 0.2) is 0 Å². The fourth-order valence-corrected chi connectivity index (χ4v) is 3.83. The van der Waals surface area contributed by atoms with E-state index in [1.54, 1.807) is 0 Å². The zero-order valence-electron chi connectivity index (χ0n) is 16.5. The summed E-state index contributed by atoms with van der Waals surface area (Å²) in [6, 6.07) is 0. The molecule has 0 aliphatic carbocycles. The molecule has 0 heterocycles. The topological polar surface area (TPSA) is 66.8 Å². The van der Waals surface area contributed by atoms with Crippen LogP contribution in [-0.2, 0) is 9.09 Å². The molecular formula is C18H41NO4P+. The lowest BCUT2D eigenvalue weighted by Gasteiger charge is -2.33. The van der Waals surface area contributed by atoms with Gasteiger partial charge in [0.2, 0.25) is 8.03 Å². The van der Waals surface area contributed by atoms with E-state index in [1.807, 2.05) is 21.1 Å². The number of unbranched alkanes of at least 4 members (excludes halogenated alkanes) is 5.